The molecular weight excluding hydrogens is 284 g/mol. The number of likely N-dealkylation sites (tertiary alicyclic amines) is 1. The molecule has 6 heteroatoms. The Morgan fingerprint density at radius 1 is 1.62 bits per heavy atom. The van der Waals surface area contributed by atoms with Gasteiger partial charge in [0.2, 0.25) is 0 Å². The van der Waals surface area contributed by atoms with Gasteiger partial charge in [-0.3, -0.25) is 4.79 Å². The number of carbonyl (C=O) groups excluding carboxylic acids is 1. The van der Waals surface area contributed by atoms with Crippen molar-refractivity contribution >= 4 is 17.2 Å². The summed E-state index contributed by atoms with van der Waals surface area (Å²) < 4.78 is 0. The molecule has 2 N–H and O–H groups in total. The first-order chi connectivity index (χ1) is 10.1. The Balaban J connectivity index is 1.86. The summed E-state index contributed by atoms with van der Waals surface area (Å²) >= 11 is 1.53. The zero-order valence-corrected chi connectivity index (χ0v) is 13.9. The summed E-state index contributed by atoms with van der Waals surface area (Å²) in [6.45, 7) is 6.69. The van der Waals surface area contributed by atoms with Crippen molar-refractivity contribution in [2.75, 3.05) is 39.8 Å². The Kier molecular flexibility index (Phi) is 6.14. The third-order valence-corrected chi connectivity index (χ3v) is 4.79. The molecule has 0 aromatic carbocycles. The minimum absolute atomic E-state index is 0.0789. The van der Waals surface area contributed by atoms with Gasteiger partial charge < -0.3 is 15.5 Å². The van der Waals surface area contributed by atoms with Gasteiger partial charge in [-0.2, -0.15) is 0 Å². The fourth-order valence-electron chi connectivity index (χ4n) is 2.89. The largest absolute Gasteiger partial charge is 0.337 e. The van der Waals surface area contributed by atoms with Crippen molar-refractivity contribution in [1.29, 1.82) is 0 Å². The molecule has 1 aromatic rings. The summed E-state index contributed by atoms with van der Waals surface area (Å²) in [5, 5.41) is 2.82. The van der Waals surface area contributed by atoms with Crippen LogP contribution < -0.4 is 5.73 Å². The van der Waals surface area contributed by atoms with Crippen molar-refractivity contribution in [3.05, 3.63) is 16.1 Å². The molecule has 2 rings (SSSR count). The molecule has 1 aromatic heterocycles. The van der Waals surface area contributed by atoms with Crippen molar-refractivity contribution in [2.45, 2.75) is 26.2 Å². The minimum Gasteiger partial charge on any atom is -0.337 e. The quantitative estimate of drug-likeness (QED) is 0.828. The zero-order valence-electron chi connectivity index (χ0n) is 13.0. The van der Waals surface area contributed by atoms with Crippen LogP contribution in [-0.2, 0) is 6.42 Å². The third-order valence-electron chi connectivity index (χ3n) is 3.88. The Morgan fingerprint density at radius 3 is 3.14 bits per heavy atom. The van der Waals surface area contributed by atoms with Crippen LogP contribution in [0.25, 0.3) is 0 Å². The Bertz CT molecular complexity index is 462. The second kappa shape index (κ2) is 7.87. The molecule has 1 atom stereocenters. The lowest BCUT2D eigenvalue weighted by atomic mass is 10.1. The standard InChI is InChI=1S/C15H26N4OS/c1-3-7-18(2)9-12-5-8-19(10-12)15(20)13-11-21-14(17-13)4-6-16/h11-12H,3-10,16H2,1-2H3. The Labute approximate surface area is 131 Å². The number of carbonyl (C=O) groups is 1. The Morgan fingerprint density at radius 2 is 2.43 bits per heavy atom. The van der Waals surface area contributed by atoms with Crippen LogP contribution in [0.5, 0.6) is 0 Å². The molecule has 1 aliphatic rings. The first-order valence-electron chi connectivity index (χ1n) is 7.76. The fraction of sp³-hybridized carbons (Fsp3) is 0.733. The maximum absolute atomic E-state index is 12.4. The van der Waals surface area contributed by atoms with Gasteiger partial charge in [-0.1, -0.05) is 6.92 Å². The van der Waals surface area contributed by atoms with Crippen LogP contribution in [0.3, 0.4) is 0 Å². The Hall–Kier alpha value is -0.980. The average Bonchev–Trinajstić information content (AvgIpc) is 3.08. The molecule has 0 aliphatic carbocycles. The molecule has 118 valence electrons. The molecule has 0 saturated carbocycles. The van der Waals surface area contributed by atoms with Crippen molar-refractivity contribution in [2.24, 2.45) is 11.7 Å². The maximum atomic E-state index is 12.4. The molecule has 1 amide bonds. The van der Waals surface area contributed by atoms with Crippen LogP contribution in [-0.4, -0.2) is 60.5 Å². The molecule has 1 aliphatic heterocycles. The van der Waals surface area contributed by atoms with Gasteiger partial charge in [0.25, 0.3) is 5.91 Å². The molecule has 1 unspecified atom stereocenters. The van der Waals surface area contributed by atoms with Crippen molar-refractivity contribution in [1.82, 2.24) is 14.8 Å². The molecule has 0 radical (unpaired) electrons. The van der Waals surface area contributed by atoms with Crippen LogP contribution in [0.2, 0.25) is 0 Å². The molecule has 0 bridgehead atoms. The van der Waals surface area contributed by atoms with Crippen LogP contribution in [0.1, 0.15) is 35.3 Å². The monoisotopic (exact) mass is 310 g/mol. The van der Waals surface area contributed by atoms with E-state index in [1.807, 2.05) is 10.3 Å². The summed E-state index contributed by atoms with van der Waals surface area (Å²) in [5.41, 5.74) is 6.11. The second-order valence-corrected chi connectivity index (χ2v) is 6.78. The van der Waals surface area contributed by atoms with Crippen molar-refractivity contribution in [3.8, 4) is 0 Å². The lowest BCUT2D eigenvalue weighted by Crippen LogP contribution is -2.32. The number of nitrogens with two attached hydrogens (primary N) is 1. The molecule has 1 saturated heterocycles. The first-order valence-corrected chi connectivity index (χ1v) is 8.64. The number of hydrogen-bond donors (Lipinski definition) is 1. The van der Waals surface area contributed by atoms with Crippen LogP contribution >= 0.6 is 11.3 Å². The van der Waals surface area contributed by atoms with E-state index >= 15 is 0 Å². The van der Waals surface area contributed by atoms with Gasteiger partial charge in [0.1, 0.15) is 5.69 Å². The van der Waals surface area contributed by atoms with E-state index in [0.717, 1.165) is 44.0 Å². The van der Waals surface area contributed by atoms with Crippen molar-refractivity contribution < 1.29 is 4.79 Å². The zero-order chi connectivity index (χ0) is 15.2. The van der Waals surface area contributed by atoms with E-state index in [4.69, 9.17) is 5.73 Å². The summed E-state index contributed by atoms with van der Waals surface area (Å²) in [6.07, 6.45) is 3.02. The highest BCUT2D eigenvalue weighted by Crippen LogP contribution is 2.20. The molecule has 1 fully saturated rings. The normalized spacial score (nSPS) is 18.7. The second-order valence-electron chi connectivity index (χ2n) is 5.83. The number of amides is 1. The van der Waals surface area contributed by atoms with E-state index in [9.17, 15) is 4.79 Å². The van der Waals surface area contributed by atoms with E-state index in [1.165, 1.54) is 17.8 Å². The van der Waals surface area contributed by atoms with Gasteiger partial charge in [0.15, 0.2) is 0 Å². The highest BCUT2D eigenvalue weighted by atomic mass is 32.1. The molecule has 21 heavy (non-hydrogen) atoms. The number of thiazole rings is 1. The predicted octanol–water partition coefficient (Wildman–Crippen LogP) is 1.45. The maximum Gasteiger partial charge on any atom is 0.273 e. The average molecular weight is 310 g/mol. The van der Waals surface area contributed by atoms with Crippen LogP contribution in [0.4, 0.5) is 0 Å². The summed E-state index contributed by atoms with van der Waals surface area (Å²) in [6, 6.07) is 0. The van der Waals surface area contributed by atoms with Crippen molar-refractivity contribution in [3.63, 3.8) is 0 Å². The number of nitrogens with zero attached hydrogens (tertiary/aromatic N) is 3. The number of aromatic nitrogens is 1. The van der Waals surface area contributed by atoms with Gasteiger partial charge in [-0.25, -0.2) is 4.98 Å². The molecular formula is C15H26N4OS. The lowest BCUT2D eigenvalue weighted by Gasteiger charge is -2.20. The van der Waals surface area contributed by atoms with Gasteiger partial charge in [0, 0.05) is 31.4 Å². The van der Waals surface area contributed by atoms with Gasteiger partial charge >= 0.3 is 0 Å². The first kappa shape index (κ1) is 16.4. The summed E-state index contributed by atoms with van der Waals surface area (Å²) in [4.78, 5) is 21.2. The predicted molar refractivity (Wildman–Crippen MR) is 86.7 cm³/mol. The van der Waals surface area contributed by atoms with E-state index in [2.05, 4.69) is 23.9 Å². The number of hydrogen-bond acceptors (Lipinski definition) is 5. The van der Waals surface area contributed by atoms with E-state index in [0.29, 0.717) is 18.2 Å². The van der Waals surface area contributed by atoms with Gasteiger partial charge in [0.05, 0.1) is 5.01 Å². The van der Waals surface area contributed by atoms with E-state index < -0.39 is 0 Å². The molecule has 5 nitrogen and oxygen atoms in total. The highest BCUT2D eigenvalue weighted by molar-refractivity contribution is 7.09. The summed E-state index contributed by atoms with van der Waals surface area (Å²) in [5.74, 6) is 0.669. The van der Waals surface area contributed by atoms with Crippen LogP contribution in [0.15, 0.2) is 5.38 Å². The molecule has 0 spiro atoms. The molecule has 2 heterocycles. The SMILES string of the molecule is CCCN(C)CC1CCN(C(=O)c2csc(CCN)n2)C1. The highest BCUT2D eigenvalue weighted by Gasteiger charge is 2.28. The van der Waals surface area contributed by atoms with Crippen LogP contribution in [0, 0.1) is 5.92 Å². The fourth-order valence-corrected chi connectivity index (χ4v) is 3.68. The number of rotatable bonds is 7. The minimum atomic E-state index is 0.0789. The summed E-state index contributed by atoms with van der Waals surface area (Å²) in [7, 11) is 2.16. The van der Waals surface area contributed by atoms with E-state index in [1.54, 1.807) is 0 Å². The lowest BCUT2D eigenvalue weighted by molar-refractivity contribution is 0.0779. The topological polar surface area (TPSA) is 62.5 Å². The van der Waals surface area contributed by atoms with E-state index in [-0.39, 0.29) is 5.91 Å². The van der Waals surface area contributed by atoms with Gasteiger partial charge in [-0.05, 0) is 38.9 Å². The third kappa shape index (κ3) is 4.49. The smallest absolute Gasteiger partial charge is 0.273 e. The van der Waals surface area contributed by atoms with Gasteiger partial charge in [-0.15, -0.1) is 11.3 Å².